The first-order chi connectivity index (χ1) is 8.65. The van der Waals surface area contributed by atoms with Crippen LogP contribution in [0.5, 0.6) is 5.75 Å². The van der Waals surface area contributed by atoms with Gasteiger partial charge in [0.25, 0.3) is 0 Å². The van der Waals surface area contributed by atoms with Crippen LogP contribution in [0.2, 0.25) is 10.0 Å². The van der Waals surface area contributed by atoms with Gasteiger partial charge in [-0.1, -0.05) is 35.3 Å². The molecule has 1 nitrogen and oxygen atoms in total. The molecule has 0 radical (unpaired) electrons. The molecule has 1 N–H and O–H groups in total. The van der Waals surface area contributed by atoms with Crippen LogP contribution in [0.4, 0.5) is 0 Å². The van der Waals surface area contributed by atoms with Gasteiger partial charge in [0.1, 0.15) is 5.75 Å². The van der Waals surface area contributed by atoms with Gasteiger partial charge in [-0.05, 0) is 53.8 Å². The molecule has 2 aromatic rings. The normalized spacial score (nSPS) is 17.8. The summed E-state index contributed by atoms with van der Waals surface area (Å²) in [6.07, 6.45) is 2.05. The Morgan fingerprint density at radius 2 is 1.83 bits per heavy atom. The van der Waals surface area contributed by atoms with Crippen LogP contribution in [0.3, 0.4) is 0 Å². The Balaban J connectivity index is 2.08. The summed E-state index contributed by atoms with van der Waals surface area (Å²) in [6, 6.07) is 11.2. The Labute approximate surface area is 116 Å². The Morgan fingerprint density at radius 1 is 1.00 bits per heavy atom. The topological polar surface area (TPSA) is 20.2 Å². The van der Waals surface area contributed by atoms with E-state index >= 15 is 0 Å². The van der Waals surface area contributed by atoms with Crippen LogP contribution in [0.1, 0.15) is 29.0 Å². The molecule has 1 atom stereocenters. The molecule has 0 amide bonds. The molecule has 0 saturated heterocycles. The summed E-state index contributed by atoms with van der Waals surface area (Å²) in [4.78, 5) is 0. The number of phenolic OH excluding ortho intramolecular Hbond substituents is 1. The number of fused-ring (bicyclic) bond motifs is 1. The van der Waals surface area contributed by atoms with E-state index in [0.29, 0.717) is 15.8 Å². The zero-order valence-corrected chi connectivity index (χ0v) is 11.2. The number of hydrogen-bond acceptors (Lipinski definition) is 1. The fraction of sp³-hybridized carbons (Fsp3) is 0.200. The van der Waals surface area contributed by atoms with Crippen molar-refractivity contribution in [2.24, 2.45) is 0 Å². The number of halogens is 2. The van der Waals surface area contributed by atoms with Gasteiger partial charge >= 0.3 is 0 Å². The average molecular weight is 279 g/mol. The van der Waals surface area contributed by atoms with Crippen LogP contribution in [0.25, 0.3) is 0 Å². The lowest BCUT2D eigenvalue weighted by molar-refractivity contribution is 0.474. The van der Waals surface area contributed by atoms with Crippen LogP contribution in [0.15, 0.2) is 36.4 Å². The predicted octanol–water partition coefficient (Wildman–Crippen LogP) is 4.78. The van der Waals surface area contributed by atoms with Crippen LogP contribution < -0.4 is 0 Å². The van der Waals surface area contributed by atoms with E-state index in [9.17, 15) is 5.11 Å². The molecule has 2 aromatic carbocycles. The first-order valence-electron chi connectivity index (χ1n) is 5.92. The van der Waals surface area contributed by atoms with Crippen LogP contribution in [0, 0.1) is 0 Å². The first-order valence-corrected chi connectivity index (χ1v) is 6.67. The van der Waals surface area contributed by atoms with Crippen molar-refractivity contribution in [1.29, 1.82) is 0 Å². The molecule has 0 heterocycles. The van der Waals surface area contributed by atoms with E-state index in [0.717, 1.165) is 18.4 Å². The lowest BCUT2D eigenvalue weighted by Crippen LogP contribution is -1.97. The van der Waals surface area contributed by atoms with Crippen molar-refractivity contribution in [2.75, 3.05) is 0 Å². The smallest absolute Gasteiger partial charge is 0.115 e. The molecule has 3 heteroatoms. The molecule has 0 spiro atoms. The van der Waals surface area contributed by atoms with E-state index in [1.54, 1.807) is 12.1 Å². The minimum Gasteiger partial charge on any atom is -0.508 e. The fourth-order valence-electron chi connectivity index (χ4n) is 2.70. The highest BCUT2D eigenvalue weighted by molar-refractivity contribution is 6.35. The predicted molar refractivity (Wildman–Crippen MR) is 74.7 cm³/mol. The summed E-state index contributed by atoms with van der Waals surface area (Å²) in [5.74, 6) is 0.572. The van der Waals surface area contributed by atoms with E-state index in [4.69, 9.17) is 23.2 Å². The van der Waals surface area contributed by atoms with Gasteiger partial charge in [-0.25, -0.2) is 0 Å². The van der Waals surface area contributed by atoms with Crippen molar-refractivity contribution in [2.45, 2.75) is 18.8 Å². The summed E-state index contributed by atoms with van der Waals surface area (Å²) in [7, 11) is 0. The monoisotopic (exact) mass is 278 g/mol. The number of benzene rings is 2. The Morgan fingerprint density at radius 3 is 2.61 bits per heavy atom. The standard InChI is InChI=1S/C15H12Cl2O/c16-10-3-6-13(15(17)7-10)12-5-2-9-1-4-11(18)8-14(9)12/h1,3-4,6-8,12,18H,2,5H2. The second-order valence-electron chi connectivity index (χ2n) is 4.64. The maximum absolute atomic E-state index is 9.62. The molecule has 3 rings (SSSR count). The lowest BCUT2D eigenvalue weighted by Gasteiger charge is -2.14. The Hall–Kier alpha value is -1.18. The van der Waals surface area contributed by atoms with Gasteiger partial charge in [0.05, 0.1) is 0 Å². The first kappa shape index (κ1) is 11.9. The zero-order valence-electron chi connectivity index (χ0n) is 9.66. The van der Waals surface area contributed by atoms with E-state index < -0.39 is 0 Å². The summed E-state index contributed by atoms with van der Waals surface area (Å²) >= 11 is 12.2. The Bertz CT molecular complexity index is 607. The second kappa shape index (κ2) is 4.49. The van der Waals surface area contributed by atoms with Gasteiger partial charge in [-0.15, -0.1) is 0 Å². The number of aryl methyl sites for hydroxylation is 1. The molecule has 0 saturated carbocycles. The van der Waals surface area contributed by atoms with Crippen molar-refractivity contribution in [1.82, 2.24) is 0 Å². The number of phenols is 1. The van der Waals surface area contributed by atoms with Gasteiger partial charge in [0.2, 0.25) is 0 Å². The summed E-state index contributed by atoms with van der Waals surface area (Å²) in [6.45, 7) is 0. The van der Waals surface area contributed by atoms with E-state index in [1.165, 1.54) is 11.1 Å². The fourth-order valence-corrected chi connectivity index (χ4v) is 3.24. The minimum atomic E-state index is 0.261. The van der Waals surface area contributed by atoms with E-state index in [1.807, 2.05) is 24.3 Å². The van der Waals surface area contributed by atoms with Crippen molar-refractivity contribution >= 4 is 23.2 Å². The van der Waals surface area contributed by atoms with Crippen molar-refractivity contribution in [3.05, 3.63) is 63.1 Å². The number of aromatic hydroxyl groups is 1. The molecule has 0 bridgehead atoms. The SMILES string of the molecule is Oc1ccc2c(c1)C(c1ccc(Cl)cc1Cl)CC2. The highest BCUT2D eigenvalue weighted by Crippen LogP contribution is 2.42. The largest absolute Gasteiger partial charge is 0.508 e. The number of hydrogen-bond donors (Lipinski definition) is 1. The van der Waals surface area contributed by atoms with Gasteiger partial charge in [-0.2, -0.15) is 0 Å². The Kier molecular flexibility index (Phi) is 2.96. The number of rotatable bonds is 1. The summed E-state index contributed by atoms with van der Waals surface area (Å²) in [5.41, 5.74) is 3.56. The van der Waals surface area contributed by atoms with Gasteiger partial charge < -0.3 is 5.11 Å². The summed E-state index contributed by atoms with van der Waals surface area (Å²) in [5, 5.41) is 11.0. The quantitative estimate of drug-likeness (QED) is 0.796. The van der Waals surface area contributed by atoms with Crippen molar-refractivity contribution in [3.8, 4) is 5.75 Å². The third-order valence-corrected chi connectivity index (χ3v) is 4.11. The average Bonchev–Trinajstić information content (AvgIpc) is 2.72. The van der Waals surface area contributed by atoms with Gasteiger partial charge in [0, 0.05) is 16.0 Å². The lowest BCUT2D eigenvalue weighted by atomic mass is 9.93. The highest BCUT2D eigenvalue weighted by Gasteiger charge is 2.25. The highest BCUT2D eigenvalue weighted by atomic mass is 35.5. The summed E-state index contributed by atoms with van der Waals surface area (Å²) < 4.78 is 0. The van der Waals surface area contributed by atoms with Crippen LogP contribution >= 0.6 is 23.2 Å². The third-order valence-electron chi connectivity index (χ3n) is 3.55. The van der Waals surface area contributed by atoms with Gasteiger partial charge in [0.15, 0.2) is 0 Å². The molecule has 0 aliphatic heterocycles. The van der Waals surface area contributed by atoms with Crippen LogP contribution in [-0.4, -0.2) is 5.11 Å². The third kappa shape index (κ3) is 1.98. The van der Waals surface area contributed by atoms with Crippen molar-refractivity contribution < 1.29 is 5.11 Å². The van der Waals surface area contributed by atoms with E-state index in [2.05, 4.69) is 0 Å². The molecule has 18 heavy (non-hydrogen) atoms. The molecular formula is C15H12Cl2O. The molecule has 1 aliphatic carbocycles. The molecular weight excluding hydrogens is 267 g/mol. The maximum Gasteiger partial charge on any atom is 0.115 e. The van der Waals surface area contributed by atoms with Gasteiger partial charge in [-0.3, -0.25) is 0 Å². The molecule has 92 valence electrons. The second-order valence-corrected chi connectivity index (χ2v) is 5.48. The zero-order chi connectivity index (χ0) is 12.7. The minimum absolute atomic E-state index is 0.261. The van der Waals surface area contributed by atoms with Crippen molar-refractivity contribution in [3.63, 3.8) is 0 Å². The van der Waals surface area contributed by atoms with Crippen LogP contribution in [-0.2, 0) is 6.42 Å². The molecule has 1 aliphatic rings. The molecule has 0 aromatic heterocycles. The molecule has 1 unspecified atom stereocenters. The molecule has 0 fully saturated rings. The van der Waals surface area contributed by atoms with E-state index in [-0.39, 0.29) is 5.92 Å². The maximum atomic E-state index is 9.62.